The van der Waals surface area contributed by atoms with Crippen molar-refractivity contribution in [2.75, 3.05) is 7.05 Å². The van der Waals surface area contributed by atoms with Crippen molar-refractivity contribution >= 4 is 15.9 Å². The predicted octanol–water partition coefficient (Wildman–Crippen LogP) is 1.98. The third kappa shape index (κ3) is 2.20. The molecule has 3 nitrogen and oxygen atoms in total. The van der Waals surface area contributed by atoms with Crippen LogP contribution in [0.3, 0.4) is 0 Å². The highest BCUT2D eigenvalue weighted by molar-refractivity contribution is 9.10. The quantitative estimate of drug-likeness (QED) is 0.766. The van der Waals surface area contributed by atoms with Gasteiger partial charge in [0.05, 0.1) is 6.54 Å². The number of rotatable bonds is 2. The van der Waals surface area contributed by atoms with E-state index in [0.29, 0.717) is 12.1 Å². The van der Waals surface area contributed by atoms with Gasteiger partial charge >= 0.3 is 0 Å². The molecule has 0 aliphatic carbocycles. The Hall–Kier alpha value is -0.580. The topological polar surface area (TPSA) is 43.7 Å². The molecule has 66 valence electrons. The molecule has 0 fully saturated rings. The third-order valence-electron chi connectivity index (χ3n) is 1.48. The summed E-state index contributed by atoms with van der Waals surface area (Å²) in [4.78, 5) is 0. The number of aromatic hydroxyl groups is 1. The molecule has 0 amide bonds. The van der Waals surface area contributed by atoms with Crippen molar-refractivity contribution in [3.05, 3.63) is 28.2 Å². The summed E-state index contributed by atoms with van der Waals surface area (Å²) in [7, 11) is 1.53. The van der Waals surface area contributed by atoms with Gasteiger partial charge in [0.2, 0.25) is 0 Å². The highest BCUT2D eigenvalue weighted by Crippen LogP contribution is 2.26. The standard InChI is InChI=1S/C8H10BrNO2/c1-10(12)5-6-7(9)3-2-4-8(6)11/h2-4,11-12H,5H2,1H3. The summed E-state index contributed by atoms with van der Waals surface area (Å²) >= 11 is 3.28. The molecule has 0 heterocycles. The van der Waals surface area contributed by atoms with Crippen molar-refractivity contribution in [3.8, 4) is 5.75 Å². The van der Waals surface area contributed by atoms with Crippen LogP contribution in [0.1, 0.15) is 5.56 Å². The van der Waals surface area contributed by atoms with Crippen LogP contribution in [-0.4, -0.2) is 22.4 Å². The van der Waals surface area contributed by atoms with Gasteiger partial charge in [0, 0.05) is 17.1 Å². The number of hydroxylamine groups is 2. The molecular formula is C8H10BrNO2. The molecule has 0 spiro atoms. The van der Waals surface area contributed by atoms with E-state index in [-0.39, 0.29) is 5.75 Å². The second kappa shape index (κ2) is 3.89. The second-order valence-corrected chi connectivity index (χ2v) is 3.41. The molecule has 0 aliphatic heterocycles. The number of nitrogens with zero attached hydrogens (tertiary/aromatic N) is 1. The lowest BCUT2D eigenvalue weighted by molar-refractivity contribution is -0.0737. The van der Waals surface area contributed by atoms with Crippen LogP contribution in [0.5, 0.6) is 5.75 Å². The molecule has 0 saturated carbocycles. The Labute approximate surface area is 79.3 Å². The summed E-state index contributed by atoms with van der Waals surface area (Å²) < 4.78 is 0.795. The first-order valence-electron chi connectivity index (χ1n) is 3.47. The summed E-state index contributed by atoms with van der Waals surface area (Å²) in [6.45, 7) is 0.299. The number of benzene rings is 1. The third-order valence-corrected chi connectivity index (χ3v) is 2.22. The van der Waals surface area contributed by atoms with Gasteiger partial charge in [-0.25, -0.2) is 0 Å². The van der Waals surface area contributed by atoms with Crippen LogP contribution in [-0.2, 0) is 6.54 Å². The predicted molar refractivity (Wildman–Crippen MR) is 49.1 cm³/mol. The maximum atomic E-state index is 9.37. The monoisotopic (exact) mass is 231 g/mol. The van der Waals surface area contributed by atoms with E-state index in [2.05, 4.69) is 15.9 Å². The Morgan fingerprint density at radius 3 is 2.67 bits per heavy atom. The van der Waals surface area contributed by atoms with Gasteiger partial charge in [-0.1, -0.05) is 22.0 Å². The van der Waals surface area contributed by atoms with E-state index in [1.165, 1.54) is 7.05 Å². The molecule has 0 atom stereocenters. The number of hydrogen-bond donors (Lipinski definition) is 2. The molecule has 4 heteroatoms. The van der Waals surface area contributed by atoms with E-state index in [1.54, 1.807) is 12.1 Å². The van der Waals surface area contributed by atoms with Crippen LogP contribution in [0.2, 0.25) is 0 Å². The minimum Gasteiger partial charge on any atom is -0.508 e. The fourth-order valence-electron chi connectivity index (χ4n) is 0.933. The number of phenolic OH excluding ortho intramolecular Hbond substituents is 1. The smallest absolute Gasteiger partial charge is 0.121 e. The van der Waals surface area contributed by atoms with E-state index in [4.69, 9.17) is 5.21 Å². The lowest BCUT2D eigenvalue weighted by Crippen LogP contribution is -2.12. The van der Waals surface area contributed by atoms with Crippen molar-refractivity contribution in [2.45, 2.75) is 6.54 Å². The number of phenols is 1. The highest BCUT2D eigenvalue weighted by Gasteiger charge is 2.06. The zero-order chi connectivity index (χ0) is 9.14. The first kappa shape index (κ1) is 9.51. The summed E-state index contributed by atoms with van der Waals surface area (Å²) in [5.41, 5.74) is 0.683. The lowest BCUT2D eigenvalue weighted by Gasteiger charge is -2.10. The SMILES string of the molecule is CN(O)Cc1c(O)cccc1Br. The summed E-state index contributed by atoms with van der Waals surface area (Å²) in [6.07, 6.45) is 0. The van der Waals surface area contributed by atoms with Gasteiger partial charge in [0.1, 0.15) is 5.75 Å². The first-order valence-corrected chi connectivity index (χ1v) is 4.27. The van der Waals surface area contributed by atoms with E-state index in [1.807, 2.05) is 6.07 Å². The summed E-state index contributed by atoms with van der Waals surface area (Å²) in [5.74, 6) is 0.185. The number of halogens is 1. The van der Waals surface area contributed by atoms with Gasteiger partial charge in [-0.15, -0.1) is 0 Å². The van der Waals surface area contributed by atoms with Crippen LogP contribution in [0.25, 0.3) is 0 Å². The molecular weight excluding hydrogens is 222 g/mol. The Morgan fingerprint density at radius 1 is 1.50 bits per heavy atom. The van der Waals surface area contributed by atoms with Crippen LogP contribution >= 0.6 is 15.9 Å². The van der Waals surface area contributed by atoms with Crippen molar-refractivity contribution in [1.82, 2.24) is 5.06 Å². The van der Waals surface area contributed by atoms with E-state index < -0.39 is 0 Å². The summed E-state index contributed by atoms with van der Waals surface area (Å²) in [5, 5.41) is 19.3. The van der Waals surface area contributed by atoms with Crippen LogP contribution in [0, 0.1) is 0 Å². The van der Waals surface area contributed by atoms with E-state index >= 15 is 0 Å². The van der Waals surface area contributed by atoms with Gasteiger partial charge in [0.15, 0.2) is 0 Å². The van der Waals surface area contributed by atoms with Gasteiger partial charge < -0.3 is 10.3 Å². The molecule has 0 saturated heterocycles. The van der Waals surface area contributed by atoms with E-state index in [0.717, 1.165) is 9.54 Å². The molecule has 2 N–H and O–H groups in total. The maximum Gasteiger partial charge on any atom is 0.121 e. The second-order valence-electron chi connectivity index (χ2n) is 2.55. The molecule has 1 aromatic carbocycles. The normalized spacial score (nSPS) is 10.7. The summed E-state index contributed by atoms with van der Waals surface area (Å²) in [6, 6.07) is 5.14. The highest BCUT2D eigenvalue weighted by atomic mass is 79.9. The number of hydrogen-bond acceptors (Lipinski definition) is 3. The van der Waals surface area contributed by atoms with Gasteiger partial charge in [-0.3, -0.25) is 0 Å². The fraction of sp³-hybridized carbons (Fsp3) is 0.250. The maximum absolute atomic E-state index is 9.37. The zero-order valence-corrected chi connectivity index (χ0v) is 8.24. The van der Waals surface area contributed by atoms with Gasteiger partial charge in [-0.2, -0.15) is 5.06 Å². The minimum absolute atomic E-state index is 0.185. The van der Waals surface area contributed by atoms with Crippen molar-refractivity contribution in [1.29, 1.82) is 0 Å². The minimum atomic E-state index is 0.185. The largest absolute Gasteiger partial charge is 0.508 e. The van der Waals surface area contributed by atoms with Crippen molar-refractivity contribution in [2.24, 2.45) is 0 Å². The average Bonchev–Trinajstić information content (AvgIpc) is 1.97. The lowest BCUT2D eigenvalue weighted by atomic mass is 10.2. The molecule has 0 radical (unpaired) electrons. The van der Waals surface area contributed by atoms with Crippen LogP contribution in [0.15, 0.2) is 22.7 Å². The Morgan fingerprint density at radius 2 is 2.17 bits per heavy atom. The van der Waals surface area contributed by atoms with Crippen molar-refractivity contribution < 1.29 is 10.3 Å². The Balaban J connectivity index is 2.96. The molecule has 1 aromatic rings. The molecule has 0 aliphatic rings. The van der Waals surface area contributed by atoms with Crippen LogP contribution < -0.4 is 0 Å². The van der Waals surface area contributed by atoms with Gasteiger partial charge in [-0.05, 0) is 12.1 Å². The van der Waals surface area contributed by atoms with E-state index in [9.17, 15) is 5.11 Å². The van der Waals surface area contributed by atoms with Crippen LogP contribution in [0.4, 0.5) is 0 Å². The van der Waals surface area contributed by atoms with Gasteiger partial charge in [0.25, 0.3) is 0 Å². The molecule has 0 unspecified atom stereocenters. The fourth-order valence-corrected chi connectivity index (χ4v) is 1.41. The molecule has 1 rings (SSSR count). The van der Waals surface area contributed by atoms with Crippen molar-refractivity contribution in [3.63, 3.8) is 0 Å². The Bertz CT molecular complexity index is 256. The first-order chi connectivity index (χ1) is 5.61. The average molecular weight is 232 g/mol. The molecule has 12 heavy (non-hydrogen) atoms. The molecule has 0 aromatic heterocycles. The molecule has 0 bridgehead atoms. The Kier molecular flexibility index (Phi) is 3.08. The zero-order valence-electron chi connectivity index (χ0n) is 6.66.